The van der Waals surface area contributed by atoms with Gasteiger partial charge in [0.05, 0.1) is 18.2 Å². The van der Waals surface area contributed by atoms with Gasteiger partial charge in [-0.3, -0.25) is 19.3 Å². The van der Waals surface area contributed by atoms with Crippen molar-refractivity contribution in [3.05, 3.63) is 24.3 Å². The maximum absolute atomic E-state index is 12.7. The SMILES string of the molecule is COc1ccccc1N1CCN(CCCNC(=O)[C@@H]2C[C@@]3(CCN(C(=O)C(C)C)C3)C(=O)N2)CC1. The zero-order chi connectivity index (χ0) is 25.0. The molecule has 3 heterocycles. The molecule has 0 bridgehead atoms. The highest BCUT2D eigenvalue weighted by Gasteiger charge is 2.53. The highest BCUT2D eigenvalue weighted by molar-refractivity contribution is 5.95. The van der Waals surface area contributed by atoms with Gasteiger partial charge in [0.1, 0.15) is 11.8 Å². The fourth-order valence-corrected chi connectivity index (χ4v) is 5.52. The lowest BCUT2D eigenvalue weighted by Gasteiger charge is -2.36. The molecule has 0 aliphatic carbocycles. The second-order valence-electron chi connectivity index (χ2n) is 10.3. The normalized spacial score (nSPS) is 24.8. The molecule has 3 aliphatic rings. The van der Waals surface area contributed by atoms with Gasteiger partial charge in [0, 0.05) is 51.7 Å². The van der Waals surface area contributed by atoms with E-state index in [0.717, 1.165) is 50.6 Å². The van der Waals surface area contributed by atoms with E-state index >= 15 is 0 Å². The average molecular weight is 486 g/mol. The molecule has 2 atom stereocenters. The molecule has 1 aromatic rings. The van der Waals surface area contributed by atoms with Gasteiger partial charge in [-0.15, -0.1) is 0 Å². The summed E-state index contributed by atoms with van der Waals surface area (Å²) in [6, 6.07) is 7.60. The summed E-state index contributed by atoms with van der Waals surface area (Å²) in [5, 5.41) is 5.89. The molecule has 35 heavy (non-hydrogen) atoms. The van der Waals surface area contributed by atoms with Gasteiger partial charge in [0.2, 0.25) is 17.7 Å². The Labute approximate surface area is 208 Å². The third-order valence-electron chi connectivity index (χ3n) is 7.61. The highest BCUT2D eigenvalue weighted by atomic mass is 16.5. The minimum Gasteiger partial charge on any atom is -0.495 e. The molecule has 9 heteroatoms. The van der Waals surface area contributed by atoms with Crippen molar-refractivity contribution in [1.29, 1.82) is 0 Å². The first-order valence-corrected chi connectivity index (χ1v) is 12.8. The van der Waals surface area contributed by atoms with Gasteiger partial charge < -0.3 is 25.2 Å². The highest BCUT2D eigenvalue weighted by Crippen LogP contribution is 2.40. The molecular formula is C26H39N5O4. The van der Waals surface area contributed by atoms with Gasteiger partial charge in [-0.1, -0.05) is 26.0 Å². The Balaban J connectivity index is 1.16. The summed E-state index contributed by atoms with van der Waals surface area (Å²) in [5.41, 5.74) is 0.519. The monoisotopic (exact) mass is 485 g/mol. The second kappa shape index (κ2) is 10.8. The molecule has 2 N–H and O–H groups in total. The van der Waals surface area contributed by atoms with Gasteiger partial charge in [0.25, 0.3) is 0 Å². The fourth-order valence-electron chi connectivity index (χ4n) is 5.52. The van der Waals surface area contributed by atoms with Crippen LogP contribution in [0, 0.1) is 11.3 Å². The number of para-hydroxylation sites is 2. The third-order valence-corrected chi connectivity index (χ3v) is 7.61. The molecule has 1 spiro atoms. The Morgan fingerprint density at radius 2 is 1.91 bits per heavy atom. The van der Waals surface area contributed by atoms with Crippen molar-refractivity contribution in [2.24, 2.45) is 11.3 Å². The number of ether oxygens (including phenoxy) is 1. The minimum absolute atomic E-state index is 0.0753. The van der Waals surface area contributed by atoms with Crippen molar-refractivity contribution in [3.8, 4) is 5.75 Å². The number of piperazine rings is 1. The summed E-state index contributed by atoms with van der Waals surface area (Å²) < 4.78 is 5.49. The van der Waals surface area contributed by atoms with E-state index in [0.29, 0.717) is 32.5 Å². The molecule has 0 saturated carbocycles. The number of hydrogen-bond donors (Lipinski definition) is 2. The van der Waals surface area contributed by atoms with Crippen LogP contribution < -0.4 is 20.3 Å². The van der Waals surface area contributed by atoms with Crippen LogP contribution in [0.25, 0.3) is 0 Å². The zero-order valence-electron chi connectivity index (χ0n) is 21.2. The molecular weight excluding hydrogens is 446 g/mol. The molecule has 3 amide bonds. The van der Waals surface area contributed by atoms with Crippen molar-refractivity contribution >= 4 is 23.4 Å². The predicted octanol–water partition coefficient (Wildman–Crippen LogP) is 1.09. The Morgan fingerprint density at radius 3 is 2.63 bits per heavy atom. The third kappa shape index (κ3) is 5.55. The minimum atomic E-state index is -0.617. The van der Waals surface area contributed by atoms with Crippen LogP contribution in [-0.2, 0) is 14.4 Å². The van der Waals surface area contributed by atoms with Crippen molar-refractivity contribution in [1.82, 2.24) is 20.4 Å². The van der Waals surface area contributed by atoms with Gasteiger partial charge in [-0.2, -0.15) is 0 Å². The maximum Gasteiger partial charge on any atom is 0.242 e. The van der Waals surface area contributed by atoms with E-state index in [4.69, 9.17) is 4.74 Å². The molecule has 3 aliphatic heterocycles. The van der Waals surface area contributed by atoms with E-state index in [1.165, 1.54) is 0 Å². The van der Waals surface area contributed by atoms with Gasteiger partial charge >= 0.3 is 0 Å². The Kier molecular flexibility index (Phi) is 7.84. The van der Waals surface area contributed by atoms with Gasteiger partial charge in [0.15, 0.2) is 0 Å². The Hall–Kier alpha value is -2.81. The lowest BCUT2D eigenvalue weighted by molar-refractivity contribution is -0.134. The number of amides is 3. The molecule has 0 unspecified atom stereocenters. The number of benzene rings is 1. The molecule has 9 nitrogen and oxygen atoms in total. The van der Waals surface area contributed by atoms with Gasteiger partial charge in [-0.05, 0) is 37.9 Å². The van der Waals surface area contributed by atoms with Crippen molar-refractivity contribution in [2.75, 3.05) is 64.4 Å². The quantitative estimate of drug-likeness (QED) is 0.536. The van der Waals surface area contributed by atoms with Crippen molar-refractivity contribution in [2.45, 2.75) is 39.2 Å². The number of hydrogen-bond acceptors (Lipinski definition) is 6. The Morgan fingerprint density at radius 1 is 1.17 bits per heavy atom. The molecule has 3 saturated heterocycles. The topological polar surface area (TPSA) is 94.2 Å². The van der Waals surface area contributed by atoms with Crippen LogP contribution in [-0.4, -0.2) is 93.0 Å². The van der Waals surface area contributed by atoms with E-state index in [2.05, 4.69) is 26.5 Å². The van der Waals surface area contributed by atoms with Crippen molar-refractivity contribution < 1.29 is 19.1 Å². The number of likely N-dealkylation sites (tertiary alicyclic amines) is 1. The standard InChI is InChI=1S/C26H39N5O4/c1-19(2)24(33)31-12-9-26(18-31)17-20(28-25(26)34)23(32)27-10-6-11-29-13-15-30(16-14-29)21-7-4-5-8-22(21)35-3/h4-5,7-8,19-20H,6,9-18H2,1-3H3,(H,27,32)(H,28,34)/t20-,26+/m0/s1. The average Bonchev–Trinajstić information content (AvgIpc) is 3.45. The number of anilines is 1. The first-order valence-electron chi connectivity index (χ1n) is 12.8. The van der Waals surface area contributed by atoms with Crippen LogP contribution in [0.3, 0.4) is 0 Å². The molecule has 1 aromatic carbocycles. The van der Waals surface area contributed by atoms with Crippen LogP contribution >= 0.6 is 0 Å². The summed E-state index contributed by atoms with van der Waals surface area (Å²) in [5.74, 6) is 0.680. The molecule has 3 fully saturated rings. The van der Waals surface area contributed by atoms with Crippen LogP contribution in [0.1, 0.15) is 33.1 Å². The van der Waals surface area contributed by atoms with E-state index in [-0.39, 0.29) is 23.6 Å². The number of nitrogens with zero attached hydrogens (tertiary/aromatic N) is 3. The van der Waals surface area contributed by atoms with E-state index in [9.17, 15) is 14.4 Å². The maximum atomic E-state index is 12.7. The van der Waals surface area contributed by atoms with Crippen LogP contribution in [0.15, 0.2) is 24.3 Å². The summed E-state index contributed by atoms with van der Waals surface area (Å²) >= 11 is 0. The lowest BCUT2D eigenvalue weighted by Crippen LogP contribution is -2.47. The van der Waals surface area contributed by atoms with Crippen LogP contribution in [0.4, 0.5) is 5.69 Å². The number of nitrogens with one attached hydrogen (secondary N) is 2. The van der Waals surface area contributed by atoms with Crippen LogP contribution in [0.5, 0.6) is 5.75 Å². The lowest BCUT2D eigenvalue weighted by atomic mass is 9.84. The smallest absolute Gasteiger partial charge is 0.242 e. The molecule has 0 radical (unpaired) electrons. The van der Waals surface area contributed by atoms with E-state index in [1.54, 1.807) is 12.0 Å². The Bertz CT molecular complexity index is 930. The molecule has 4 rings (SSSR count). The zero-order valence-corrected chi connectivity index (χ0v) is 21.2. The summed E-state index contributed by atoms with van der Waals surface area (Å²) in [4.78, 5) is 44.3. The van der Waals surface area contributed by atoms with Gasteiger partial charge in [-0.25, -0.2) is 0 Å². The second-order valence-corrected chi connectivity index (χ2v) is 10.3. The van der Waals surface area contributed by atoms with E-state index < -0.39 is 11.5 Å². The first kappa shape index (κ1) is 25.3. The fraction of sp³-hybridized carbons (Fsp3) is 0.654. The summed E-state index contributed by atoms with van der Waals surface area (Å²) in [7, 11) is 1.70. The number of methoxy groups -OCH3 is 1. The number of carbonyl (C=O) groups is 3. The summed E-state index contributed by atoms with van der Waals surface area (Å²) in [6.45, 7) is 10.1. The largest absolute Gasteiger partial charge is 0.495 e. The van der Waals surface area contributed by atoms with Crippen molar-refractivity contribution in [3.63, 3.8) is 0 Å². The first-order chi connectivity index (χ1) is 16.8. The molecule has 0 aromatic heterocycles. The molecule has 192 valence electrons. The summed E-state index contributed by atoms with van der Waals surface area (Å²) in [6.07, 6.45) is 1.95. The predicted molar refractivity (Wildman–Crippen MR) is 134 cm³/mol. The number of carbonyl (C=O) groups excluding carboxylic acids is 3. The number of rotatable bonds is 8. The van der Waals surface area contributed by atoms with Crippen LogP contribution in [0.2, 0.25) is 0 Å². The van der Waals surface area contributed by atoms with E-state index in [1.807, 2.05) is 32.0 Å².